The minimum atomic E-state index is 0.468. The highest BCUT2D eigenvalue weighted by Gasteiger charge is 1.99. The Labute approximate surface area is 141 Å². The average Bonchev–Trinajstić information content (AvgIpc) is 2.57. The maximum absolute atomic E-state index is 5.27. The van der Waals surface area contributed by atoms with Crippen molar-refractivity contribution in [2.24, 2.45) is 5.10 Å². The monoisotopic (exact) mass is 319 g/mol. The first-order valence-corrected chi connectivity index (χ1v) is 7.78. The number of aryl methyl sites for hydroxylation is 1. The molecule has 3 rings (SSSR count). The molecule has 0 aliphatic heterocycles. The van der Waals surface area contributed by atoms with Crippen LogP contribution < -0.4 is 10.7 Å². The Morgan fingerprint density at radius 3 is 2.57 bits per heavy atom. The Bertz CT molecular complexity index is 866. The van der Waals surface area contributed by atoms with Gasteiger partial charge in [-0.1, -0.05) is 60.7 Å². The molecule has 0 aromatic heterocycles. The molecule has 114 valence electrons. The predicted molar refractivity (Wildman–Crippen MR) is 102 cm³/mol. The molecule has 0 heterocycles. The molecule has 0 bridgehead atoms. The van der Waals surface area contributed by atoms with Gasteiger partial charge in [-0.3, -0.25) is 5.43 Å². The van der Waals surface area contributed by atoms with Gasteiger partial charge in [-0.2, -0.15) is 5.10 Å². The van der Waals surface area contributed by atoms with Gasteiger partial charge in [-0.25, -0.2) is 0 Å². The Balaban J connectivity index is 1.69. The third-order valence-corrected chi connectivity index (χ3v) is 3.78. The molecule has 0 saturated carbocycles. The lowest BCUT2D eigenvalue weighted by Crippen LogP contribution is -2.24. The van der Waals surface area contributed by atoms with Crippen LogP contribution in [0.3, 0.4) is 0 Å². The summed E-state index contributed by atoms with van der Waals surface area (Å²) in [5, 5.41) is 10.2. The predicted octanol–water partition coefficient (Wildman–Crippen LogP) is 4.47. The molecule has 0 spiro atoms. The number of para-hydroxylation sites is 1. The standard InChI is InChI=1S/C19H17N3S/c1-14-7-2-5-12-18(14)21-19(23)22-20-13-16-10-6-9-15-8-3-4-11-17(15)16/h2-13H,1H3,(H2,21,22,23)/b20-13+. The van der Waals surface area contributed by atoms with E-state index in [0.717, 1.165) is 16.8 Å². The second-order valence-electron chi connectivity index (χ2n) is 5.21. The SMILES string of the molecule is Cc1ccccc1NC(=S)N/N=C/c1cccc2ccccc12. The van der Waals surface area contributed by atoms with E-state index in [-0.39, 0.29) is 0 Å². The largest absolute Gasteiger partial charge is 0.331 e. The van der Waals surface area contributed by atoms with Gasteiger partial charge in [0.05, 0.1) is 6.21 Å². The van der Waals surface area contributed by atoms with Crippen LogP contribution in [0, 0.1) is 6.92 Å². The van der Waals surface area contributed by atoms with E-state index in [0.29, 0.717) is 5.11 Å². The van der Waals surface area contributed by atoms with Gasteiger partial charge < -0.3 is 5.32 Å². The zero-order valence-corrected chi connectivity index (χ0v) is 13.6. The van der Waals surface area contributed by atoms with E-state index in [4.69, 9.17) is 12.2 Å². The van der Waals surface area contributed by atoms with Crippen molar-refractivity contribution >= 4 is 40.0 Å². The molecule has 3 nitrogen and oxygen atoms in total. The van der Waals surface area contributed by atoms with Crippen molar-refractivity contribution in [3.63, 3.8) is 0 Å². The summed E-state index contributed by atoms with van der Waals surface area (Å²) in [4.78, 5) is 0. The zero-order chi connectivity index (χ0) is 16.1. The maximum Gasteiger partial charge on any atom is 0.191 e. The Hall–Kier alpha value is -2.72. The molecule has 3 aromatic carbocycles. The highest BCUT2D eigenvalue weighted by Crippen LogP contribution is 2.16. The van der Waals surface area contributed by atoms with Crippen LogP contribution in [0.25, 0.3) is 10.8 Å². The summed E-state index contributed by atoms with van der Waals surface area (Å²) in [7, 11) is 0. The summed E-state index contributed by atoms with van der Waals surface area (Å²) in [5.74, 6) is 0. The zero-order valence-electron chi connectivity index (χ0n) is 12.8. The minimum absolute atomic E-state index is 0.468. The number of thiocarbonyl (C=S) groups is 1. The fraction of sp³-hybridized carbons (Fsp3) is 0.0526. The molecular weight excluding hydrogens is 302 g/mol. The lowest BCUT2D eigenvalue weighted by Gasteiger charge is -2.09. The second-order valence-corrected chi connectivity index (χ2v) is 5.62. The van der Waals surface area contributed by atoms with E-state index < -0.39 is 0 Å². The molecule has 2 N–H and O–H groups in total. The van der Waals surface area contributed by atoms with Gasteiger partial charge in [-0.05, 0) is 41.5 Å². The van der Waals surface area contributed by atoms with Crippen molar-refractivity contribution in [1.29, 1.82) is 0 Å². The van der Waals surface area contributed by atoms with Crippen LogP contribution in [0.2, 0.25) is 0 Å². The smallest absolute Gasteiger partial charge is 0.191 e. The van der Waals surface area contributed by atoms with Crippen LogP contribution in [0.15, 0.2) is 71.8 Å². The van der Waals surface area contributed by atoms with E-state index in [2.05, 4.69) is 34.0 Å². The lowest BCUT2D eigenvalue weighted by molar-refractivity contribution is 1.05. The number of benzene rings is 3. The fourth-order valence-corrected chi connectivity index (χ4v) is 2.55. The molecule has 0 radical (unpaired) electrons. The Morgan fingerprint density at radius 1 is 0.957 bits per heavy atom. The number of anilines is 1. The Kier molecular flexibility index (Phi) is 4.64. The van der Waals surface area contributed by atoms with Crippen molar-refractivity contribution in [3.05, 3.63) is 77.9 Å². The van der Waals surface area contributed by atoms with Crippen LogP contribution in [-0.4, -0.2) is 11.3 Å². The van der Waals surface area contributed by atoms with Gasteiger partial charge >= 0.3 is 0 Å². The maximum atomic E-state index is 5.27. The Morgan fingerprint density at radius 2 is 1.70 bits per heavy atom. The van der Waals surface area contributed by atoms with E-state index in [1.807, 2.05) is 55.5 Å². The first-order chi connectivity index (χ1) is 11.2. The van der Waals surface area contributed by atoms with E-state index in [9.17, 15) is 0 Å². The molecule has 23 heavy (non-hydrogen) atoms. The van der Waals surface area contributed by atoms with Crippen molar-refractivity contribution in [2.45, 2.75) is 6.92 Å². The third-order valence-electron chi connectivity index (χ3n) is 3.59. The first-order valence-electron chi connectivity index (χ1n) is 7.37. The number of hydrogen-bond acceptors (Lipinski definition) is 2. The first kappa shape index (κ1) is 15.2. The van der Waals surface area contributed by atoms with E-state index in [1.165, 1.54) is 10.8 Å². The second kappa shape index (κ2) is 7.03. The molecule has 0 saturated heterocycles. The number of rotatable bonds is 3. The topological polar surface area (TPSA) is 36.4 Å². The molecule has 3 aromatic rings. The number of nitrogens with one attached hydrogen (secondary N) is 2. The molecule has 0 atom stereocenters. The number of nitrogens with zero attached hydrogens (tertiary/aromatic N) is 1. The van der Waals surface area contributed by atoms with Crippen molar-refractivity contribution < 1.29 is 0 Å². The molecule has 0 fully saturated rings. The van der Waals surface area contributed by atoms with Gasteiger partial charge in [0.1, 0.15) is 0 Å². The van der Waals surface area contributed by atoms with Crippen molar-refractivity contribution in [1.82, 2.24) is 5.43 Å². The van der Waals surface area contributed by atoms with Gasteiger partial charge in [0.25, 0.3) is 0 Å². The minimum Gasteiger partial charge on any atom is -0.331 e. The number of fused-ring (bicyclic) bond motifs is 1. The van der Waals surface area contributed by atoms with Gasteiger partial charge in [0.15, 0.2) is 5.11 Å². The molecular formula is C19H17N3S. The van der Waals surface area contributed by atoms with E-state index >= 15 is 0 Å². The highest BCUT2D eigenvalue weighted by atomic mass is 32.1. The lowest BCUT2D eigenvalue weighted by atomic mass is 10.1. The normalized spacial score (nSPS) is 10.8. The van der Waals surface area contributed by atoms with Crippen molar-refractivity contribution in [2.75, 3.05) is 5.32 Å². The third kappa shape index (κ3) is 3.73. The fourth-order valence-electron chi connectivity index (χ4n) is 2.39. The van der Waals surface area contributed by atoms with Crippen LogP contribution in [-0.2, 0) is 0 Å². The number of hydrazone groups is 1. The van der Waals surface area contributed by atoms with Gasteiger partial charge in [0, 0.05) is 11.3 Å². The van der Waals surface area contributed by atoms with Crippen LogP contribution in [0.5, 0.6) is 0 Å². The highest BCUT2D eigenvalue weighted by molar-refractivity contribution is 7.80. The quantitative estimate of drug-likeness (QED) is 0.425. The molecule has 0 unspecified atom stereocenters. The summed E-state index contributed by atoms with van der Waals surface area (Å²) in [6, 6.07) is 22.4. The number of hydrogen-bond donors (Lipinski definition) is 2. The molecule has 0 aliphatic carbocycles. The molecule has 4 heteroatoms. The summed E-state index contributed by atoms with van der Waals surface area (Å²) in [6.45, 7) is 2.03. The van der Waals surface area contributed by atoms with Gasteiger partial charge in [-0.15, -0.1) is 0 Å². The van der Waals surface area contributed by atoms with Gasteiger partial charge in [0.2, 0.25) is 0 Å². The van der Waals surface area contributed by atoms with Crippen LogP contribution >= 0.6 is 12.2 Å². The summed E-state index contributed by atoms with van der Waals surface area (Å²) in [5.41, 5.74) is 6.02. The van der Waals surface area contributed by atoms with Crippen LogP contribution in [0.1, 0.15) is 11.1 Å². The molecule has 0 aliphatic rings. The summed E-state index contributed by atoms with van der Waals surface area (Å²) in [6.07, 6.45) is 1.79. The van der Waals surface area contributed by atoms with E-state index in [1.54, 1.807) is 6.21 Å². The summed E-state index contributed by atoms with van der Waals surface area (Å²) >= 11 is 5.27. The van der Waals surface area contributed by atoms with Crippen molar-refractivity contribution in [3.8, 4) is 0 Å². The van der Waals surface area contributed by atoms with Crippen LogP contribution in [0.4, 0.5) is 5.69 Å². The average molecular weight is 319 g/mol. The molecule has 0 amide bonds. The summed E-state index contributed by atoms with van der Waals surface area (Å²) < 4.78 is 0.